The third-order valence-corrected chi connectivity index (χ3v) is 6.44. The highest BCUT2D eigenvalue weighted by molar-refractivity contribution is 7.10. The van der Waals surface area contributed by atoms with Gasteiger partial charge < -0.3 is 10.2 Å². The van der Waals surface area contributed by atoms with Crippen molar-refractivity contribution in [2.75, 3.05) is 6.54 Å². The zero-order chi connectivity index (χ0) is 22.0. The van der Waals surface area contributed by atoms with E-state index in [1.807, 2.05) is 40.6 Å². The number of hydrogen-bond donors (Lipinski definition) is 1. The number of nitrogens with zero attached hydrogens (tertiary/aromatic N) is 1. The molecule has 0 saturated heterocycles. The number of carbonyl (C=O) groups excluding carboxylic acids is 2. The minimum absolute atomic E-state index is 0.0368. The lowest BCUT2D eigenvalue weighted by Gasteiger charge is -2.42. The summed E-state index contributed by atoms with van der Waals surface area (Å²) in [6, 6.07) is 17.1. The molecule has 0 saturated carbocycles. The maximum Gasteiger partial charge on any atom is 0.254 e. The van der Waals surface area contributed by atoms with Crippen molar-refractivity contribution < 1.29 is 14.0 Å². The second kappa shape index (κ2) is 9.02. The van der Waals surface area contributed by atoms with E-state index in [-0.39, 0.29) is 29.6 Å². The lowest BCUT2D eigenvalue weighted by atomic mass is 9.81. The Morgan fingerprint density at radius 1 is 1.10 bits per heavy atom. The van der Waals surface area contributed by atoms with Crippen molar-refractivity contribution in [1.29, 1.82) is 0 Å². The minimum Gasteiger partial charge on any atom is -0.351 e. The van der Waals surface area contributed by atoms with Crippen LogP contribution in [0.3, 0.4) is 0 Å². The lowest BCUT2D eigenvalue weighted by molar-refractivity contribution is -0.124. The number of amides is 2. The third-order valence-electron chi connectivity index (χ3n) is 5.50. The fourth-order valence-electron chi connectivity index (χ4n) is 4.15. The van der Waals surface area contributed by atoms with Gasteiger partial charge in [-0.15, -0.1) is 11.3 Å². The van der Waals surface area contributed by atoms with Crippen LogP contribution in [0.25, 0.3) is 0 Å². The Balaban J connectivity index is 1.72. The molecule has 4 rings (SSSR count). The van der Waals surface area contributed by atoms with Gasteiger partial charge in [0.25, 0.3) is 5.91 Å². The van der Waals surface area contributed by atoms with E-state index in [9.17, 15) is 14.0 Å². The van der Waals surface area contributed by atoms with Gasteiger partial charge in [-0.25, -0.2) is 4.39 Å². The molecule has 0 fully saturated rings. The second-order valence-electron chi connectivity index (χ2n) is 8.22. The monoisotopic (exact) mass is 436 g/mol. The quantitative estimate of drug-likeness (QED) is 0.582. The molecule has 1 aliphatic heterocycles. The summed E-state index contributed by atoms with van der Waals surface area (Å²) in [4.78, 5) is 29.8. The molecule has 0 radical (unpaired) electrons. The Morgan fingerprint density at radius 2 is 1.84 bits per heavy atom. The fraction of sp³-hybridized carbons (Fsp3) is 0.280. The second-order valence-corrected chi connectivity index (χ2v) is 9.20. The molecular formula is C25H25FN2O2S. The Labute approximate surface area is 185 Å². The maximum atomic E-state index is 13.5. The average molecular weight is 437 g/mol. The highest BCUT2D eigenvalue weighted by Gasteiger charge is 2.44. The normalized spacial score (nSPS) is 18.2. The first-order valence-corrected chi connectivity index (χ1v) is 11.3. The highest BCUT2D eigenvalue weighted by Crippen LogP contribution is 2.44. The Kier molecular flexibility index (Phi) is 6.18. The van der Waals surface area contributed by atoms with E-state index in [0.29, 0.717) is 18.7 Å². The highest BCUT2D eigenvalue weighted by atomic mass is 32.1. The number of halogens is 1. The smallest absolute Gasteiger partial charge is 0.254 e. The zero-order valence-corrected chi connectivity index (χ0v) is 18.4. The van der Waals surface area contributed by atoms with Gasteiger partial charge in [0.1, 0.15) is 5.82 Å². The Hall–Kier alpha value is -2.99. The first-order chi connectivity index (χ1) is 15.0. The first kappa shape index (κ1) is 21.2. The molecule has 0 bridgehead atoms. The maximum absolute atomic E-state index is 13.5. The van der Waals surface area contributed by atoms with Gasteiger partial charge in [0, 0.05) is 23.5 Å². The van der Waals surface area contributed by atoms with Crippen molar-refractivity contribution in [1.82, 2.24) is 10.2 Å². The molecule has 3 aromatic rings. The van der Waals surface area contributed by atoms with Crippen molar-refractivity contribution >= 4 is 23.2 Å². The average Bonchev–Trinajstić information content (AvgIpc) is 3.29. The van der Waals surface area contributed by atoms with Crippen LogP contribution in [0.4, 0.5) is 4.39 Å². The van der Waals surface area contributed by atoms with Crippen LogP contribution in [-0.4, -0.2) is 23.3 Å². The predicted molar refractivity (Wildman–Crippen MR) is 120 cm³/mol. The number of carbonyl (C=O) groups is 2. The molecule has 0 spiro atoms. The van der Waals surface area contributed by atoms with Crippen molar-refractivity contribution in [2.24, 2.45) is 5.92 Å². The molecule has 31 heavy (non-hydrogen) atoms. The minimum atomic E-state index is -0.522. The molecule has 4 nitrogen and oxygen atoms in total. The summed E-state index contributed by atoms with van der Waals surface area (Å²) < 4.78 is 13.2. The van der Waals surface area contributed by atoms with Crippen molar-refractivity contribution in [3.05, 3.63) is 93.4 Å². The van der Waals surface area contributed by atoms with Gasteiger partial charge in [0.05, 0.1) is 12.0 Å². The summed E-state index contributed by atoms with van der Waals surface area (Å²) in [7, 11) is 0. The van der Waals surface area contributed by atoms with Crippen LogP contribution in [0.15, 0.2) is 66.0 Å². The molecule has 160 valence electrons. The Morgan fingerprint density at radius 3 is 2.52 bits per heavy atom. The molecule has 6 heteroatoms. The summed E-state index contributed by atoms with van der Waals surface area (Å²) in [5.74, 6) is -0.745. The third kappa shape index (κ3) is 4.39. The largest absolute Gasteiger partial charge is 0.351 e. The van der Waals surface area contributed by atoms with E-state index in [1.165, 1.54) is 12.1 Å². The molecule has 2 amide bonds. The number of fused-ring (bicyclic) bond motifs is 1. The fourth-order valence-corrected chi connectivity index (χ4v) is 5.02. The first-order valence-electron chi connectivity index (χ1n) is 10.4. The van der Waals surface area contributed by atoms with Gasteiger partial charge >= 0.3 is 0 Å². The molecule has 0 aliphatic carbocycles. The van der Waals surface area contributed by atoms with Gasteiger partial charge in [-0.1, -0.05) is 50.2 Å². The van der Waals surface area contributed by atoms with Gasteiger partial charge in [0.15, 0.2) is 0 Å². The lowest BCUT2D eigenvalue weighted by Crippen LogP contribution is -2.48. The molecule has 1 aliphatic rings. The van der Waals surface area contributed by atoms with E-state index in [1.54, 1.807) is 29.5 Å². The zero-order valence-electron chi connectivity index (χ0n) is 17.5. The Bertz CT molecular complexity index is 1060. The molecular weight excluding hydrogens is 411 g/mol. The summed E-state index contributed by atoms with van der Waals surface area (Å²) >= 11 is 1.56. The number of rotatable bonds is 6. The van der Waals surface area contributed by atoms with Gasteiger partial charge in [-0.3, -0.25) is 9.59 Å². The molecule has 2 aromatic carbocycles. The van der Waals surface area contributed by atoms with Crippen LogP contribution < -0.4 is 5.32 Å². The number of thiophene rings is 1. The van der Waals surface area contributed by atoms with E-state index in [4.69, 9.17) is 0 Å². The topological polar surface area (TPSA) is 49.4 Å². The van der Waals surface area contributed by atoms with Gasteiger partial charge in [-0.2, -0.15) is 0 Å². The van der Waals surface area contributed by atoms with Crippen molar-refractivity contribution in [3.8, 4) is 0 Å². The molecule has 2 heterocycles. The van der Waals surface area contributed by atoms with Crippen LogP contribution in [0.5, 0.6) is 0 Å². The molecule has 1 aromatic heterocycles. The summed E-state index contributed by atoms with van der Waals surface area (Å²) in [5, 5.41) is 4.99. The SMILES string of the molecule is CC(C)CN1C(=O)c2ccccc2[C@@H](C(=O)NCc2ccc(F)cc2)[C@@H]1c1cccs1. The standard InChI is InChI=1S/C25H25FN2O2S/c1-16(2)15-28-23(21-8-5-13-31-21)22(19-6-3-4-7-20(19)25(28)30)24(29)27-14-17-9-11-18(26)12-10-17/h3-13,16,22-23H,14-15H2,1-2H3,(H,27,29)/t22-,23+/m1/s1. The molecule has 1 N–H and O–H groups in total. The van der Waals surface area contributed by atoms with Crippen LogP contribution in [0.1, 0.15) is 52.2 Å². The predicted octanol–water partition coefficient (Wildman–Crippen LogP) is 5.14. The van der Waals surface area contributed by atoms with Crippen LogP contribution >= 0.6 is 11.3 Å². The van der Waals surface area contributed by atoms with E-state index < -0.39 is 5.92 Å². The molecule has 0 unspecified atom stereocenters. The van der Waals surface area contributed by atoms with Crippen molar-refractivity contribution in [3.63, 3.8) is 0 Å². The van der Waals surface area contributed by atoms with E-state index >= 15 is 0 Å². The van der Waals surface area contributed by atoms with Gasteiger partial charge in [0.2, 0.25) is 5.91 Å². The summed E-state index contributed by atoms with van der Waals surface area (Å²) in [6.07, 6.45) is 0. The van der Waals surface area contributed by atoms with Gasteiger partial charge in [-0.05, 0) is 46.7 Å². The summed E-state index contributed by atoms with van der Waals surface area (Å²) in [6.45, 7) is 5.01. The number of benzene rings is 2. The molecule has 2 atom stereocenters. The van der Waals surface area contributed by atoms with E-state index in [2.05, 4.69) is 19.2 Å². The van der Waals surface area contributed by atoms with Crippen molar-refractivity contribution in [2.45, 2.75) is 32.4 Å². The van der Waals surface area contributed by atoms with Crippen LogP contribution in [0.2, 0.25) is 0 Å². The number of hydrogen-bond acceptors (Lipinski definition) is 3. The van der Waals surface area contributed by atoms with Crippen LogP contribution in [-0.2, 0) is 11.3 Å². The van der Waals surface area contributed by atoms with E-state index in [0.717, 1.165) is 16.0 Å². The summed E-state index contributed by atoms with van der Waals surface area (Å²) in [5.41, 5.74) is 2.15. The number of nitrogens with one attached hydrogen (secondary N) is 1. The van der Waals surface area contributed by atoms with Crippen LogP contribution in [0, 0.1) is 11.7 Å².